The molecule has 1 atom stereocenters. The third-order valence-electron chi connectivity index (χ3n) is 4.68. The number of aryl methyl sites for hydroxylation is 2. The van der Waals surface area contributed by atoms with Gasteiger partial charge in [0.05, 0.1) is 0 Å². The SMILES string of the molecule is Cc1ccc(N[C@H]2CCCN(C(=O)c3ccc(F)cc3)C2)cc1C. The number of carbonyl (C=O) groups is 1. The smallest absolute Gasteiger partial charge is 0.253 e. The molecule has 1 amide bonds. The zero-order valence-corrected chi connectivity index (χ0v) is 14.2. The second kappa shape index (κ2) is 7.04. The fraction of sp³-hybridized carbons (Fsp3) is 0.350. The molecule has 3 rings (SSSR count). The number of anilines is 1. The van der Waals surface area contributed by atoms with Gasteiger partial charge in [0, 0.05) is 30.4 Å². The van der Waals surface area contributed by atoms with Gasteiger partial charge in [-0.25, -0.2) is 4.39 Å². The van der Waals surface area contributed by atoms with E-state index in [1.54, 1.807) is 12.1 Å². The van der Waals surface area contributed by atoms with Gasteiger partial charge in [-0.1, -0.05) is 6.07 Å². The van der Waals surface area contributed by atoms with E-state index in [1.165, 1.54) is 23.3 Å². The van der Waals surface area contributed by atoms with E-state index in [0.29, 0.717) is 12.1 Å². The largest absolute Gasteiger partial charge is 0.381 e. The van der Waals surface area contributed by atoms with E-state index in [4.69, 9.17) is 0 Å². The Morgan fingerprint density at radius 1 is 1.12 bits per heavy atom. The molecular weight excluding hydrogens is 303 g/mol. The third-order valence-corrected chi connectivity index (χ3v) is 4.68. The van der Waals surface area contributed by atoms with Crippen LogP contribution in [0.2, 0.25) is 0 Å². The summed E-state index contributed by atoms with van der Waals surface area (Å²) < 4.78 is 13.0. The molecule has 0 saturated carbocycles. The van der Waals surface area contributed by atoms with Gasteiger partial charge in [-0.2, -0.15) is 0 Å². The lowest BCUT2D eigenvalue weighted by molar-refractivity contribution is 0.0715. The van der Waals surface area contributed by atoms with Crippen LogP contribution in [-0.2, 0) is 0 Å². The van der Waals surface area contributed by atoms with Crippen molar-refractivity contribution in [2.24, 2.45) is 0 Å². The molecule has 1 aliphatic rings. The predicted molar refractivity (Wildman–Crippen MR) is 94.9 cm³/mol. The van der Waals surface area contributed by atoms with Crippen molar-refractivity contribution in [3.05, 3.63) is 65.0 Å². The van der Waals surface area contributed by atoms with Crippen molar-refractivity contribution in [1.82, 2.24) is 4.90 Å². The number of nitrogens with zero attached hydrogens (tertiary/aromatic N) is 1. The summed E-state index contributed by atoms with van der Waals surface area (Å²) in [6.07, 6.45) is 2.01. The summed E-state index contributed by atoms with van der Waals surface area (Å²) in [4.78, 5) is 14.4. The molecule has 2 aromatic carbocycles. The molecule has 1 heterocycles. The van der Waals surface area contributed by atoms with Crippen LogP contribution in [0.3, 0.4) is 0 Å². The molecule has 126 valence electrons. The lowest BCUT2D eigenvalue weighted by atomic mass is 10.0. The minimum Gasteiger partial charge on any atom is -0.381 e. The van der Waals surface area contributed by atoms with E-state index >= 15 is 0 Å². The molecule has 24 heavy (non-hydrogen) atoms. The van der Waals surface area contributed by atoms with Crippen LogP contribution in [0.15, 0.2) is 42.5 Å². The molecule has 1 N–H and O–H groups in total. The van der Waals surface area contributed by atoms with Gasteiger partial charge in [0.25, 0.3) is 5.91 Å². The highest BCUT2D eigenvalue weighted by Crippen LogP contribution is 2.20. The normalized spacial score (nSPS) is 17.6. The topological polar surface area (TPSA) is 32.3 Å². The van der Waals surface area contributed by atoms with Crippen LogP contribution in [0, 0.1) is 19.7 Å². The van der Waals surface area contributed by atoms with Gasteiger partial charge < -0.3 is 10.2 Å². The first-order chi connectivity index (χ1) is 11.5. The van der Waals surface area contributed by atoms with E-state index in [2.05, 4.69) is 37.4 Å². The summed E-state index contributed by atoms with van der Waals surface area (Å²) in [5.41, 5.74) is 4.18. The Labute approximate surface area is 142 Å². The summed E-state index contributed by atoms with van der Waals surface area (Å²) in [7, 11) is 0. The zero-order chi connectivity index (χ0) is 17.1. The van der Waals surface area contributed by atoms with Gasteiger partial charge in [-0.15, -0.1) is 0 Å². The highest BCUT2D eigenvalue weighted by Gasteiger charge is 2.24. The second-order valence-electron chi connectivity index (χ2n) is 6.54. The van der Waals surface area contributed by atoms with Crippen molar-refractivity contribution in [2.75, 3.05) is 18.4 Å². The van der Waals surface area contributed by atoms with E-state index in [9.17, 15) is 9.18 Å². The average Bonchev–Trinajstić information content (AvgIpc) is 2.58. The standard InChI is InChI=1S/C20H23FN2O/c1-14-5-10-18(12-15(14)2)22-19-4-3-11-23(13-19)20(24)16-6-8-17(21)9-7-16/h5-10,12,19,22H,3-4,11,13H2,1-2H3/t19-/m0/s1. The zero-order valence-electron chi connectivity index (χ0n) is 14.2. The van der Waals surface area contributed by atoms with E-state index in [1.807, 2.05) is 4.90 Å². The Balaban J connectivity index is 1.66. The van der Waals surface area contributed by atoms with Crippen molar-refractivity contribution in [3.63, 3.8) is 0 Å². The van der Waals surface area contributed by atoms with E-state index < -0.39 is 0 Å². The summed E-state index contributed by atoms with van der Waals surface area (Å²) >= 11 is 0. The summed E-state index contributed by atoms with van der Waals surface area (Å²) in [6.45, 7) is 5.62. The number of rotatable bonds is 3. The highest BCUT2D eigenvalue weighted by atomic mass is 19.1. The molecule has 1 aliphatic heterocycles. The predicted octanol–water partition coefficient (Wildman–Crippen LogP) is 4.16. The summed E-state index contributed by atoms with van der Waals surface area (Å²) in [5.74, 6) is -0.346. The molecule has 0 unspecified atom stereocenters. The number of nitrogens with one attached hydrogen (secondary N) is 1. The molecule has 0 aliphatic carbocycles. The van der Waals surface area contributed by atoms with E-state index in [-0.39, 0.29) is 17.8 Å². The van der Waals surface area contributed by atoms with Gasteiger partial charge >= 0.3 is 0 Å². The average molecular weight is 326 g/mol. The van der Waals surface area contributed by atoms with Gasteiger partial charge in [0.2, 0.25) is 0 Å². The molecule has 1 saturated heterocycles. The van der Waals surface area contributed by atoms with Crippen LogP contribution in [0.1, 0.15) is 34.3 Å². The molecule has 0 spiro atoms. The number of amides is 1. The minimum atomic E-state index is -0.320. The van der Waals surface area contributed by atoms with Crippen LogP contribution in [0.4, 0.5) is 10.1 Å². The third kappa shape index (κ3) is 3.75. The lowest BCUT2D eigenvalue weighted by Gasteiger charge is -2.34. The maximum Gasteiger partial charge on any atom is 0.253 e. The van der Waals surface area contributed by atoms with Crippen LogP contribution in [-0.4, -0.2) is 29.9 Å². The quantitative estimate of drug-likeness (QED) is 0.918. The first-order valence-corrected chi connectivity index (χ1v) is 8.41. The van der Waals surface area contributed by atoms with Crippen molar-refractivity contribution in [3.8, 4) is 0 Å². The molecule has 4 heteroatoms. The molecule has 2 aromatic rings. The number of likely N-dealkylation sites (tertiary alicyclic amines) is 1. The molecule has 0 radical (unpaired) electrons. The van der Waals surface area contributed by atoms with Gasteiger partial charge in [-0.3, -0.25) is 4.79 Å². The number of piperidine rings is 1. The molecule has 1 fully saturated rings. The number of halogens is 1. The monoisotopic (exact) mass is 326 g/mol. The maximum atomic E-state index is 13.0. The summed E-state index contributed by atoms with van der Waals surface area (Å²) in [5, 5.41) is 3.54. The van der Waals surface area contributed by atoms with Crippen molar-refractivity contribution >= 4 is 11.6 Å². The van der Waals surface area contributed by atoms with Crippen molar-refractivity contribution in [2.45, 2.75) is 32.7 Å². The van der Waals surface area contributed by atoms with E-state index in [0.717, 1.165) is 25.1 Å². The number of benzene rings is 2. The van der Waals surface area contributed by atoms with Crippen LogP contribution in [0.5, 0.6) is 0 Å². The first-order valence-electron chi connectivity index (χ1n) is 8.41. The molecule has 0 aromatic heterocycles. The second-order valence-corrected chi connectivity index (χ2v) is 6.54. The molecule has 3 nitrogen and oxygen atoms in total. The fourth-order valence-corrected chi connectivity index (χ4v) is 3.12. The summed E-state index contributed by atoms with van der Waals surface area (Å²) in [6, 6.07) is 12.4. The van der Waals surface area contributed by atoms with Crippen LogP contribution in [0.25, 0.3) is 0 Å². The Hall–Kier alpha value is -2.36. The Bertz CT molecular complexity index is 727. The van der Waals surface area contributed by atoms with Gasteiger partial charge in [0.1, 0.15) is 5.82 Å². The fourth-order valence-electron chi connectivity index (χ4n) is 3.12. The molecule has 0 bridgehead atoms. The minimum absolute atomic E-state index is 0.0263. The highest BCUT2D eigenvalue weighted by molar-refractivity contribution is 5.94. The lowest BCUT2D eigenvalue weighted by Crippen LogP contribution is -2.45. The maximum absolute atomic E-state index is 13.0. The Morgan fingerprint density at radius 2 is 1.88 bits per heavy atom. The van der Waals surface area contributed by atoms with Crippen LogP contribution < -0.4 is 5.32 Å². The number of hydrogen-bond donors (Lipinski definition) is 1. The first kappa shape index (κ1) is 16.5. The van der Waals surface area contributed by atoms with Gasteiger partial charge in [0.15, 0.2) is 0 Å². The number of hydrogen-bond acceptors (Lipinski definition) is 2. The number of carbonyl (C=O) groups excluding carboxylic acids is 1. The Kier molecular flexibility index (Phi) is 4.84. The van der Waals surface area contributed by atoms with Crippen molar-refractivity contribution in [1.29, 1.82) is 0 Å². The Morgan fingerprint density at radius 3 is 2.58 bits per heavy atom. The van der Waals surface area contributed by atoms with Gasteiger partial charge in [-0.05, 0) is 74.2 Å². The van der Waals surface area contributed by atoms with Crippen LogP contribution >= 0.6 is 0 Å². The van der Waals surface area contributed by atoms with Crippen molar-refractivity contribution < 1.29 is 9.18 Å². The molecular formula is C20H23FN2O.